The van der Waals surface area contributed by atoms with Crippen molar-refractivity contribution in [3.63, 3.8) is 0 Å². The Hall–Kier alpha value is 3.47. The van der Waals surface area contributed by atoms with Crippen molar-refractivity contribution in [1.82, 2.24) is 14.2 Å². The van der Waals surface area contributed by atoms with E-state index < -0.39 is 166 Å². The third-order valence-electron chi connectivity index (χ3n) is 7.51. The predicted molar refractivity (Wildman–Crippen MR) is 150 cm³/mol. The molecule has 0 aromatic carbocycles. The molecule has 59 heavy (non-hydrogen) atoms. The number of rotatable bonds is 18. The first-order chi connectivity index (χ1) is 24.6. The van der Waals surface area contributed by atoms with Crippen molar-refractivity contribution in [3.05, 3.63) is 0 Å². The van der Waals surface area contributed by atoms with Crippen molar-refractivity contribution in [2.24, 2.45) is 0 Å². The Kier molecular flexibility index (Phi) is 31.8. The smallest absolute Gasteiger partial charge is 0.735 e. The van der Waals surface area contributed by atoms with E-state index in [9.17, 15) is 92.4 Å². The quantitative estimate of drug-likeness (QED) is 0.0266. The number of carbonyl (C=O) groups excluding carboxylic acids is 1. The molecule has 0 saturated carbocycles. The summed E-state index contributed by atoms with van der Waals surface area (Å²) in [5, 5.41) is 75.0. The van der Waals surface area contributed by atoms with Gasteiger partial charge in [-0.15, -0.1) is 0 Å². The van der Waals surface area contributed by atoms with E-state index in [1.165, 1.54) is 14.2 Å². The fraction of sp³-hybridized carbons (Fsp3) is 0.950. The molecule has 0 aromatic heterocycles. The molecular formula is C20H32N3Na5O27S4. The van der Waals surface area contributed by atoms with Crippen molar-refractivity contribution >= 4 is 47.3 Å². The molecule has 318 valence electrons. The molecular weight excluding hydrogens is 957 g/mol. The molecule has 15 atom stereocenters. The number of carboxylic acids is 1. The Morgan fingerprint density at radius 3 is 1.56 bits per heavy atom. The van der Waals surface area contributed by atoms with Gasteiger partial charge in [0.05, 0.1) is 25.8 Å². The fourth-order valence-electron chi connectivity index (χ4n) is 5.24. The van der Waals surface area contributed by atoms with Gasteiger partial charge in [0, 0.05) is 6.54 Å². The third kappa shape index (κ3) is 21.1. The van der Waals surface area contributed by atoms with Gasteiger partial charge in [0.2, 0.25) is 10.4 Å². The zero-order valence-electron chi connectivity index (χ0n) is 31.4. The average Bonchev–Trinajstić information content (AvgIpc) is 3.01. The molecule has 3 fully saturated rings. The summed E-state index contributed by atoms with van der Waals surface area (Å²) in [6.07, 6.45) is -30.8. The minimum atomic E-state index is -5.61. The topological polar surface area (TPSA) is 491 Å². The number of ether oxygens (including phenoxy) is 6. The number of aliphatic hydroxyl groups excluding tert-OH is 6. The van der Waals surface area contributed by atoms with Crippen LogP contribution in [0.3, 0.4) is 0 Å². The van der Waals surface area contributed by atoms with E-state index in [1.54, 1.807) is 0 Å². The van der Waals surface area contributed by atoms with Gasteiger partial charge in [-0.05, 0) is 0 Å². The van der Waals surface area contributed by atoms with Gasteiger partial charge >= 0.3 is 148 Å². The van der Waals surface area contributed by atoms with Crippen LogP contribution < -0.4 is 167 Å². The molecule has 0 unspecified atom stereocenters. The van der Waals surface area contributed by atoms with Crippen molar-refractivity contribution in [2.75, 3.05) is 26.4 Å². The van der Waals surface area contributed by atoms with Crippen LogP contribution in [0.15, 0.2) is 0 Å². The summed E-state index contributed by atoms with van der Waals surface area (Å²) in [4.78, 5) is 12.1. The number of carboxylic acid groups (broad SMARTS) is 1. The summed E-state index contributed by atoms with van der Waals surface area (Å²) in [6, 6.07) is -4.61. The summed E-state index contributed by atoms with van der Waals surface area (Å²) in [6.45, 7) is -4.27. The Morgan fingerprint density at radius 1 is 0.610 bits per heavy atom. The van der Waals surface area contributed by atoms with E-state index in [4.69, 9.17) is 28.4 Å². The zero-order valence-corrected chi connectivity index (χ0v) is 44.6. The van der Waals surface area contributed by atoms with Crippen LogP contribution in [0.25, 0.3) is 0 Å². The van der Waals surface area contributed by atoms with E-state index in [2.05, 4.69) is 4.18 Å². The Labute approximate surface area is 446 Å². The van der Waals surface area contributed by atoms with Crippen LogP contribution in [-0.2, 0) is 78.7 Å². The molecule has 0 bridgehead atoms. The van der Waals surface area contributed by atoms with Gasteiger partial charge in [-0.2, -0.15) is 0 Å². The largest absolute Gasteiger partial charge is 1.00 e. The second-order valence-corrected chi connectivity index (χ2v) is 15.8. The van der Waals surface area contributed by atoms with Crippen molar-refractivity contribution in [3.8, 4) is 0 Å². The van der Waals surface area contributed by atoms with Gasteiger partial charge in [0.1, 0.15) is 73.1 Å². The number of aliphatic hydroxyl groups is 6. The first-order valence-corrected chi connectivity index (χ1v) is 20.1. The maximum Gasteiger partial charge on any atom is 1.00 e. The molecule has 0 aliphatic carbocycles. The van der Waals surface area contributed by atoms with Crippen LogP contribution in [0.5, 0.6) is 0 Å². The van der Waals surface area contributed by atoms with E-state index in [0.29, 0.717) is 0 Å². The Morgan fingerprint density at radius 2 is 1.10 bits per heavy atom. The number of carbonyl (C=O) groups is 1. The van der Waals surface area contributed by atoms with Crippen LogP contribution in [0, 0.1) is 0 Å². The molecule has 30 nitrogen and oxygen atoms in total. The van der Waals surface area contributed by atoms with Crippen molar-refractivity contribution in [2.45, 2.75) is 92.0 Å². The first kappa shape index (κ1) is 66.7. The molecule has 0 radical (unpaired) electrons. The minimum Gasteiger partial charge on any atom is -0.735 e. The zero-order chi connectivity index (χ0) is 41.1. The van der Waals surface area contributed by atoms with E-state index >= 15 is 0 Å². The van der Waals surface area contributed by atoms with Crippen LogP contribution in [0.4, 0.5) is 0 Å². The Balaban J connectivity index is -0.00000627. The van der Waals surface area contributed by atoms with Gasteiger partial charge in [-0.1, -0.05) is 0 Å². The van der Waals surface area contributed by atoms with Gasteiger partial charge < -0.3 is 87.2 Å². The standard InChI is InChI=1S/C20H37N3O27S4.5Na/c24-3-5-9(25)10(26)7(22-52(35,36)37)19(46-5)49-15-12(28)13(29)20(50-16(15)17(30)31)48-14-6(4-45-54(41,42)43)47-18(44-2-1-21-51(32,33)34)8(11(14)27)23-53(38,39)40;;;;;/h5-16,18-29H,1-4H2,(H,30,31)(H,32,33,34)(H,35,36,37)(H,38,39,40)(H,41,42,43);;;;;/q;5*+1/p-5/t5-,6-,7-,8-,9-,10-,11-,12-,13-,14-,15+,16+,18+,19-,20-;;;;;/m1...../s1. The molecule has 9 N–H and O–H groups in total. The molecule has 0 aromatic rings. The summed E-state index contributed by atoms with van der Waals surface area (Å²) in [5.41, 5.74) is 0. The summed E-state index contributed by atoms with van der Waals surface area (Å²) in [7, 11) is -21.8. The number of hydrogen-bond donors (Lipinski definition) is 9. The van der Waals surface area contributed by atoms with Gasteiger partial charge in [0.25, 0.3) is 0 Å². The normalized spacial score (nSPS) is 35.3. The molecule has 0 amide bonds. The van der Waals surface area contributed by atoms with E-state index in [1.807, 2.05) is 0 Å². The van der Waals surface area contributed by atoms with Crippen molar-refractivity contribution < 1.29 is 273 Å². The Bertz CT molecular complexity index is 1740. The van der Waals surface area contributed by atoms with Crippen LogP contribution >= 0.6 is 0 Å². The molecule has 3 aliphatic rings. The molecule has 39 heteroatoms. The van der Waals surface area contributed by atoms with E-state index in [0.717, 1.165) is 0 Å². The monoisotopic (exact) mass is 989 g/mol. The first-order valence-electron chi connectivity index (χ1n) is 14.5. The maximum atomic E-state index is 12.1. The second-order valence-electron chi connectivity index (χ2n) is 11.3. The summed E-state index contributed by atoms with van der Waals surface area (Å²) >= 11 is 0. The molecule has 3 rings (SSSR count). The van der Waals surface area contributed by atoms with E-state index in [-0.39, 0.29) is 148 Å². The molecule has 0 spiro atoms. The molecule has 3 saturated heterocycles. The van der Waals surface area contributed by atoms with Gasteiger partial charge in [-0.3, -0.25) is 4.18 Å². The average molecular weight is 990 g/mol. The summed E-state index contributed by atoms with van der Waals surface area (Å²) < 4.78 is 174. The molecule has 3 heterocycles. The SMILES string of the molecule is O=C([O-])[C@H]1O[C@@H](O[C@H]2[C@H](O)[C@@H](NS(=O)(=O)[O-])[C@@H](OCCNS(=O)(=O)[O-])O[C@@H]2COS(=O)(=O)[O-])[C@H](O)[C@@H](O)[C@@H]1O[C@H]1O[C@H](CO)[C@@H](O)[C@H](O)[C@H]1NS(=O)(=O)[O-].[Na+].[Na+].[Na+].[Na+].[Na+]. The van der Waals surface area contributed by atoms with Gasteiger partial charge in [-0.25, -0.2) is 47.8 Å². The van der Waals surface area contributed by atoms with Crippen LogP contribution in [0.2, 0.25) is 0 Å². The number of aliphatic carboxylic acids is 1. The second kappa shape index (κ2) is 28.1. The third-order valence-corrected chi connectivity index (χ3v) is 9.62. The predicted octanol–water partition coefficient (Wildman–Crippen LogP) is -27.1. The fourth-order valence-corrected chi connectivity index (χ4v) is 7.04. The minimum absolute atomic E-state index is 0. The van der Waals surface area contributed by atoms with Crippen molar-refractivity contribution in [1.29, 1.82) is 0 Å². The number of nitrogens with one attached hydrogen (secondary N) is 3. The van der Waals surface area contributed by atoms with Crippen LogP contribution in [0.1, 0.15) is 0 Å². The van der Waals surface area contributed by atoms with Crippen LogP contribution in [-0.4, -0.2) is 207 Å². The van der Waals surface area contributed by atoms with Gasteiger partial charge in [0.15, 0.2) is 49.8 Å². The maximum absolute atomic E-state index is 12.1. The molecule has 3 aliphatic heterocycles. The summed E-state index contributed by atoms with van der Waals surface area (Å²) in [5.74, 6) is -2.33. The number of hydrogen-bond acceptors (Lipinski definition) is 27.